The van der Waals surface area contributed by atoms with Crippen molar-refractivity contribution in [3.05, 3.63) is 107 Å². The summed E-state index contributed by atoms with van der Waals surface area (Å²) in [5.41, 5.74) is 0.943. The molecule has 0 spiro atoms. The van der Waals surface area contributed by atoms with E-state index < -0.39 is 24.0 Å². The van der Waals surface area contributed by atoms with Gasteiger partial charge in [0.1, 0.15) is 13.2 Å². The molecule has 0 saturated heterocycles. The Morgan fingerprint density at radius 3 is 1.61 bits per heavy atom. The fourth-order valence-electron chi connectivity index (χ4n) is 2.95. The second kappa shape index (κ2) is 11.4. The normalized spacial score (nSPS) is 11.2. The zero-order valence-corrected chi connectivity index (χ0v) is 17.9. The predicted molar refractivity (Wildman–Crippen MR) is 119 cm³/mol. The first kappa shape index (κ1) is 23.4. The lowest BCUT2D eigenvalue weighted by atomic mass is 10.0. The fraction of sp³-hybridized carbons (Fsp3) is 0.154. The lowest BCUT2D eigenvalue weighted by Gasteiger charge is -2.18. The highest BCUT2D eigenvalue weighted by molar-refractivity contribution is 6.05. The highest BCUT2D eigenvalue weighted by atomic mass is 16.6. The van der Waals surface area contributed by atoms with Crippen LogP contribution >= 0.6 is 0 Å². The molecule has 0 N–H and O–H groups in total. The van der Waals surface area contributed by atoms with E-state index in [1.54, 1.807) is 72.8 Å². The van der Waals surface area contributed by atoms with Crippen LogP contribution in [0.15, 0.2) is 84.9 Å². The molecule has 1 atom stereocenters. The fourth-order valence-corrected chi connectivity index (χ4v) is 2.95. The molecular formula is C26H22O7. The Bertz CT molecular complexity index is 1120. The number of Topliss-reactive ketones (excluding diaryl/α,β-unsaturated/α-hetero) is 1. The van der Waals surface area contributed by atoms with Crippen molar-refractivity contribution in [2.24, 2.45) is 0 Å². The SMILES string of the molecule is CC(=O)c1ccccc1C(=O)OCC(COC(=O)c1ccccc1)OC(=O)c1ccccc1. The standard InChI is InChI=1S/C26H22O7/c1-18(27)22-14-8-9-15-23(22)26(30)32-17-21(33-25(29)20-12-6-3-7-13-20)16-31-24(28)19-10-4-2-5-11-19/h2-15,21H,16-17H2,1H3. The molecule has 7 heteroatoms. The molecule has 0 saturated carbocycles. The molecule has 0 aliphatic carbocycles. The van der Waals surface area contributed by atoms with Gasteiger partial charge in [0.2, 0.25) is 0 Å². The van der Waals surface area contributed by atoms with Gasteiger partial charge in [-0.2, -0.15) is 0 Å². The van der Waals surface area contributed by atoms with Gasteiger partial charge in [-0.3, -0.25) is 4.79 Å². The van der Waals surface area contributed by atoms with Crippen molar-refractivity contribution in [2.45, 2.75) is 13.0 Å². The van der Waals surface area contributed by atoms with Crippen LogP contribution in [0.25, 0.3) is 0 Å². The number of hydrogen-bond donors (Lipinski definition) is 0. The molecular weight excluding hydrogens is 424 g/mol. The van der Waals surface area contributed by atoms with E-state index in [0.29, 0.717) is 11.1 Å². The summed E-state index contributed by atoms with van der Waals surface area (Å²) < 4.78 is 16.0. The Morgan fingerprint density at radius 1 is 0.606 bits per heavy atom. The molecule has 0 heterocycles. The van der Waals surface area contributed by atoms with Crippen LogP contribution in [0.2, 0.25) is 0 Å². The minimum absolute atomic E-state index is 0.0967. The third-order valence-electron chi connectivity index (χ3n) is 4.62. The van der Waals surface area contributed by atoms with Gasteiger partial charge in [-0.05, 0) is 37.3 Å². The molecule has 3 aromatic rings. The molecule has 33 heavy (non-hydrogen) atoms. The number of benzene rings is 3. The minimum Gasteiger partial charge on any atom is -0.458 e. The molecule has 1 unspecified atom stereocenters. The van der Waals surface area contributed by atoms with Crippen LogP contribution < -0.4 is 0 Å². The Morgan fingerprint density at radius 2 is 1.06 bits per heavy atom. The molecule has 0 bridgehead atoms. The number of ether oxygens (including phenoxy) is 3. The smallest absolute Gasteiger partial charge is 0.339 e. The molecule has 168 valence electrons. The van der Waals surface area contributed by atoms with Gasteiger partial charge >= 0.3 is 17.9 Å². The number of esters is 3. The molecule has 7 nitrogen and oxygen atoms in total. The van der Waals surface area contributed by atoms with Gasteiger partial charge in [0.15, 0.2) is 11.9 Å². The lowest BCUT2D eigenvalue weighted by molar-refractivity contribution is -0.0254. The van der Waals surface area contributed by atoms with Crippen molar-refractivity contribution in [3.8, 4) is 0 Å². The van der Waals surface area contributed by atoms with Gasteiger partial charge in [-0.15, -0.1) is 0 Å². The zero-order chi connectivity index (χ0) is 23.6. The van der Waals surface area contributed by atoms with E-state index in [1.165, 1.54) is 19.1 Å². The molecule has 0 aliphatic rings. The monoisotopic (exact) mass is 446 g/mol. The van der Waals surface area contributed by atoms with Crippen molar-refractivity contribution in [2.75, 3.05) is 13.2 Å². The summed E-state index contributed by atoms with van der Waals surface area (Å²) in [6.45, 7) is 0.652. The van der Waals surface area contributed by atoms with Crippen LogP contribution in [-0.4, -0.2) is 43.0 Å². The van der Waals surface area contributed by atoms with Gasteiger partial charge in [-0.25, -0.2) is 14.4 Å². The third kappa shape index (κ3) is 6.61. The topological polar surface area (TPSA) is 96.0 Å². The second-order valence-electron chi connectivity index (χ2n) is 7.06. The lowest BCUT2D eigenvalue weighted by Crippen LogP contribution is -2.31. The van der Waals surface area contributed by atoms with E-state index in [0.717, 1.165) is 0 Å². The van der Waals surface area contributed by atoms with Crippen LogP contribution in [0.5, 0.6) is 0 Å². The Hall–Kier alpha value is -4.26. The zero-order valence-electron chi connectivity index (χ0n) is 17.9. The third-order valence-corrected chi connectivity index (χ3v) is 4.62. The molecule has 3 aromatic carbocycles. The van der Waals surface area contributed by atoms with Gasteiger partial charge in [0, 0.05) is 5.56 Å². The first-order chi connectivity index (χ1) is 16.0. The number of carbonyl (C=O) groups is 4. The van der Waals surface area contributed by atoms with Crippen LogP contribution in [0.4, 0.5) is 0 Å². The summed E-state index contributed by atoms with van der Waals surface area (Å²) in [5, 5.41) is 0. The highest BCUT2D eigenvalue weighted by Gasteiger charge is 2.22. The number of rotatable bonds is 9. The maximum absolute atomic E-state index is 12.6. The van der Waals surface area contributed by atoms with Crippen molar-refractivity contribution in [1.29, 1.82) is 0 Å². The minimum atomic E-state index is -1.06. The second-order valence-corrected chi connectivity index (χ2v) is 7.06. The van der Waals surface area contributed by atoms with E-state index in [1.807, 2.05) is 0 Å². The summed E-state index contributed by atoms with van der Waals surface area (Å²) in [7, 11) is 0. The van der Waals surface area contributed by atoms with Crippen molar-refractivity contribution in [1.82, 2.24) is 0 Å². The maximum atomic E-state index is 12.6. The van der Waals surface area contributed by atoms with Crippen LogP contribution in [-0.2, 0) is 14.2 Å². The number of carbonyl (C=O) groups excluding carboxylic acids is 4. The Kier molecular flexibility index (Phi) is 8.07. The van der Waals surface area contributed by atoms with E-state index in [9.17, 15) is 19.2 Å². The largest absolute Gasteiger partial charge is 0.458 e. The predicted octanol–water partition coefficient (Wildman–Crippen LogP) is 4.13. The molecule has 0 aromatic heterocycles. The Balaban J connectivity index is 1.69. The van der Waals surface area contributed by atoms with Crippen molar-refractivity contribution >= 4 is 23.7 Å². The summed E-state index contributed by atoms with van der Waals surface area (Å²) in [6.07, 6.45) is -1.06. The summed E-state index contributed by atoms with van der Waals surface area (Å²) in [6, 6.07) is 22.8. The van der Waals surface area contributed by atoms with Gasteiger partial charge in [-0.1, -0.05) is 54.6 Å². The average molecular weight is 446 g/mol. The van der Waals surface area contributed by atoms with Crippen LogP contribution in [0.3, 0.4) is 0 Å². The van der Waals surface area contributed by atoms with Gasteiger partial charge < -0.3 is 14.2 Å². The van der Waals surface area contributed by atoms with E-state index in [2.05, 4.69) is 0 Å². The van der Waals surface area contributed by atoms with Gasteiger partial charge in [0.25, 0.3) is 0 Å². The molecule has 0 amide bonds. The Labute approximate surface area is 190 Å². The van der Waals surface area contributed by atoms with E-state index >= 15 is 0 Å². The molecule has 3 rings (SSSR count). The van der Waals surface area contributed by atoms with Crippen molar-refractivity contribution < 1.29 is 33.4 Å². The first-order valence-corrected chi connectivity index (χ1v) is 10.2. The number of ketones is 1. The molecule has 0 radical (unpaired) electrons. The first-order valence-electron chi connectivity index (χ1n) is 10.2. The van der Waals surface area contributed by atoms with Crippen LogP contribution in [0, 0.1) is 0 Å². The average Bonchev–Trinajstić information content (AvgIpc) is 2.86. The summed E-state index contributed by atoms with van der Waals surface area (Å²) in [4.78, 5) is 49.1. The van der Waals surface area contributed by atoms with Crippen molar-refractivity contribution in [3.63, 3.8) is 0 Å². The van der Waals surface area contributed by atoms with E-state index in [4.69, 9.17) is 14.2 Å². The van der Waals surface area contributed by atoms with Crippen LogP contribution in [0.1, 0.15) is 48.4 Å². The van der Waals surface area contributed by atoms with Gasteiger partial charge in [0.05, 0.1) is 16.7 Å². The van der Waals surface area contributed by atoms with E-state index in [-0.39, 0.29) is 30.1 Å². The summed E-state index contributed by atoms with van der Waals surface area (Å²) >= 11 is 0. The quantitative estimate of drug-likeness (QED) is 0.277. The highest BCUT2D eigenvalue weighted by Crippen LogP contribution is 2.13. The maximum Gasteiger partial charge on any atom is 0.339 e. The molecule has 0 aliphatic heterocycles. The number of hydrogen-bond acceptors (Lipinski definition) is 7. The summed E-state index contributed by atoms with van der Waals surface area (Å²) in [5.74, 6) is -2.30. The molecule has 0 fully saturated rings.